The molecule has 4 aromatic carbocycles. The van der Waals surface area contributed by atoms with Gasteiger partial charge in [-0.2, -0.15) is 0 Å². The van der Waals surface area contributed by atoms with Crippen LogP contribution in [0.15, 0.2) is 82.4 Å². The van der Waals surface area contributed by atoms with Crippen molar-refractivity contribution in [1.82, 2.24) is 28.9 Å². The van der Waals surface area contributed by atoms with Crippen LogP contribution in [0.3, 0.4) is 0 Å². The largest absolute Gasteiger partial charge is 0.478 e. The van der Waals surface area contributed by atoms with Gasteiger partial charge in [-0.05, 0) is 71.8 Å². The van der Waals surface area contributed by atoms with Crippen LogP contribution >= 0.6 is 46.4 Å². The van der Waals surface area contributed by atoms with E-state index in [1.165, 1.54) is 19.2 Å². The standard InChI is InChI=1S/C19H17Cl2N3O3.C18H15Cl2N3O3/c1-27-18(25)11-3-5-16-17(6-11)24(19(26)22-16)14-9-23(10-14)8-12-2-4-13(20)7-15(12)21;19-12-3-1-11(14(20)6-12)7-22-8-13(9-22)23-16-5-10(17(24)25)2-4-15(16)21-18(23)26/h2-7,14H,8-10H2,1H3,(H,22,26);1-6,13H,7-9H2,(H,21,26)(H,24,25). The van der Waals surface area contributed by atoms with E-state index < -0.39 is 11.9 Å². The highest BCUT2D eigenvalue weighted by Gasteiger charge is 2.32. The summed E-state index contributed by atoms with van der Waals surface area (Å²) in [5, 5.41) is 11.6. The maximum Gasteiger partial charge on any atom is 0.337 e. The third kappa shape index (κ3) is 7.61. The van der Waals surface area contributed by atoms with Crippen LogP contribution in [0.4, 0.5) is 0 Å². The first-order chi connectivity index (χ1) is 25.4. The first kappa shape index (κ1) is 36.8. The molecule has 16 heteroatoms. The molecule has 2 aliphatic heterocycles. The molecule has 0 unspecified atom stereocenters. The number of carboxylic acid groups (broad SMARTS) is 1. The number of ether oxygens (including phenoxy) is 1. The molecule has 6 aromatic rings. The van der Waals surface area contributed by atoms with Crippen molar-refractivity contribution in [3.8, 4) is 0 Å². The lowest BCUT2D eigenvalue weighted by Crippen LogP contribution is -2.49. The van der Waals surface area contributed by atoms with Crippen molar-refractivity contribution in [3.63, 3.8) is 0 Å². The summed E-state index contributed by atoms with van der Waals surface area (Å²) >= 11 is 24.3. The van der Waals surface area contributed by atoms with Gasteiger partial charge >= 0.3 is 23.3 Å². The van der Waals surface area contributed by atoms with E-state index in [4.69, 9.17) is 51.1 Å². The number of aromatic amines is 2. The number of imidazole rings is 2. The number of rotatable bonds is 8. The Labute approximate surface area is 322 Å². The molecule has 2 aliphatic rings. The fraction of sp³-hybridized carbons (Fsp3) is 0.243. The van der Waals surface area contributed by atoms with Gasteiger partial charge in [-0.15, -0.1) is 0 Å². The lowest BCUT2D eigenvalue weighted by Gasteiger charge is -2.40. The molecule has 2 aromatic heterocycles. The first-order valence-corrected chi connectivity index (χ1v) is 18.0. The molecule has 0 bridgehead atoms. The number of H-pyrrole nitrogens is 2. The Hall–Kier alpha value is -4.56. The summed E-state index contributed by atoms with van der Waals surface area (Å²) in [6.07, 6.45) is 0. The molecule has 8 rings (SSSR count). The number of nitrogens with zero attached hydrogens (tertiary/aromatic N) is 4. The van der Waals surface area contributed by atoms with Crippen LogP contribution in [0.1, 0.15) is 43.9 Å². The molecular weight excluding hydrogens is 766 g/mol. The lowest BCUT2D eigenvalue weighted by atomic mass is 10.1. The highest BCUT2D eigenvalue weighted by atomic mass is 35.5. The predicted molar refractivity (Wildman–Crippen MR) is 205 cm³/mol. The van der Waals surface area contributed by atoms with Crippen LogP contribution in [0.2, 0.25) is 20.1 Å². The van der Waals surface area contributed by atoms with Gasteiger partial charge in [0.2, 0.25) is 0 Å². The van der Waals surface area contributed by atoms with Gasteiger partial charge in [-0.1, -0.05) is 58.5 Å². The third-order valence-corrected chi connectivity index (χ3v) is 10.7. The molecule has 274 valence electrons. The fourth-order valence-electron chi connectivity index (χ4n) is 6.80. The minimum absolute atomic E-state index is 0.00799. The van der Waals surface area contributed by atoms with Gasteiger partial charge in [0.15, 0.2) is 0 Å². The summed E-state index contributed by atoms with van der Waals surface area (Å²) in [5.74, 6) is -1.44. The van der Waals surface area contributed by atoms with Crippen LogP contribution in [0.25, 0.3) is 22.1 Å². The van der Waals surface area contributed by atoms with E-state index in [0.29, 0.717) is 87.0 Å². The quantitative estimate of drug-likeness (QED) is 0.142. The number of halogens is 4. The topological polar surface area (TPSA) is 146 Å². The number of carbonyl (C=O) groups is 2. The smallest absolute Gasteiger partial charge is 0.337 e. The molecular formula is C37H32Cl4N6O6. The zero-order valence-electron chi connectivity index (χ0n) is 28.1. The zero-order valence-corrected chi connectivity index (χ0v) is 31.1. The minimum atomic E-state index is -1.01. The SMILES string of the molecule is COC(=O)c1ccc2[nH]c(=O)n(C3CN(Cc4ccc(Cl)cc4Cl)C3)c2c1.O=C(O)c1ccc2[nH]c(=O)n(C3CN(Cc4ccc(Cl)cc4Cl)C3)c2c1. The molecule has 53 heavy (non-hydrogen) atoms. The molecule has 2 fully saturated rings. The van der Waals surface area contributed by atoms with E-state index in [1.54, 1.807) is 51.6 Å². The summed E-state index contributed by atoms with van der Waals surface area (Å²) in [6, 6.07) is 20.6. The van der Waals surface area contributed by atoms with Crippen LogP contribution in [0.5, 0.6) is 0 Å². The summed E-state index contributed by atoms with van der Waals surface area (Å²) in [4.78, 5) is 57.7. The third-order valence-electron chi connectivity index (χ3n) is 9.53. The number of benzene rings is 4. The van der Waals surface area contributed by atoms with E-state index in [9.17, 15) is 24.3 Å². The fourth-order valence-corrected chi connectivity index (χ4v) is 7.73. The number of fused-ring (bicyclic) bond motifs is 2. The van der Waals surface area contributed by atoms with Gasteiger partial charge < -0.3 is 19.8 Å². The average molecular weight is 799 g/mol. The van der Waals surface area contributed by atoms with Crippen LogP contribution < -0.4 is 11.4 Å². The van der Waals surface area contributed by atoms with Gasteiger partial charge in [0.25, 0.3) is 0 Å². The van der Waals surface area contributed by atoms with Crippen LogP contribution in [0, 0.1) is 0 Å². The molecule has 0 atom stereocenters. The van der Waals surface area contributed by atoms with Crippen molar-refractivity contribution >= 4 is 80.4 Å². The molecule has 12 nitrogen and oxygen atoms in total. The monoisotopic (exact) mass is 796 g/mol. The number of carboxylic acids is 1. The Bertz CT molecular complexity index is 2500. The van der Waals surface area contributed by atoms with Gasteiger partial charge in [-0.25, -0.2) is 19.2 Å². The van der Waals surface area contributed by atoms with Crippen molar-refractivity contribution in [2.45, 2.75) is 25.2 Å². The van der Waals surface area contributed by atoms with E-state index in [2.05, 4.69) is 19.8 Å². The molecule has 0 radical (unpaired) electrons. The molecule has 0 amide bonds. The molecule has 2 saturated heterocycles. The van der Waals surface area contributed by atoms with Crippen molar-refractivity contribution < 1.29 is 19.4 Å². The number of esters is 1. The Balaban J connectivity index is 0.000000164. The van der Waals surface area contributed by atoms with Crippen molar-refractivity contribution in [3.05, 3.63) is 136 Å². The number of hydrogen-bond acceptors (Lipinski definition) is 7. The van der Waals surface area contributed by atoms with E-state index in [1.807, 2.05) is 18.2 Å². The van der Waals surface area contributed by atoms with Crippen LogP contribution in [-0.4, -0.2) is 79.2 Å². The number of nitrogens with one attached hydrogen (secondary N) is 2. The molecule has 0 aliphatic carbocycles. The van der Waals surface area contributed by atoms with Crippen molar-refractivity contribution in [2.24, 2.45) is 0 Å². The van der Waals surface area contributed by atoms with Crippen molar-refractivity contribution in [2.75, 3.05) is 33.3 Å². The Kier molecular flexibility index (Phi) is 10.4. The van der Waals surface area contributed by atoms with Crippen molar-refractivity contribution in [1.29, 1.82) is 0 Å². The number of aromatic nitrogens is 4. The van der Waals surface area contributed by atoms with E-state index in [-0.39, 0.29) is 29.0 Å². The summed E-state index contributed by atoms with van der Waals surface area (Å²) in [5.41, 5.74) is 4.81. The lowest BCUT2D eigenvalue weighted by molar-refractivity contribution is 0.0599. The number of carbonyl (C=O) groups excluding carboxylic acids is 1. The maximum absolute atomic E-state index is 12.4. The second-order valence-electron chi connectivity index (χ2n) is 13.0. The maximum atomic E-state index is 12.4. The minimum Gasteiger partial charge on any atom is -0.478 e. The average Bonchev–Trinajstić information content (AvgIpc) is 3.59. The van der Waals surface area contributed by atoms with Gasteiger partial charge in [0.05, 0.1) is 52.4 Å². The summed E-state index contributed by atoms with van der Waals surface area (Å²) in [7, 11) is 1.34. The first-order valence-electron chi connectivity index (χ1n) is 16.5. The van der Waals surface area contributed by atoms with Gasteiger partial charge in [-0.3, -0.25) is 18.9 Å². The normalized spacial score (nSPS) is 15.2. The number of likely N-dealkylation sites (tertiary alicyclic amines) is 2. The molecule has 0 saturated carbocycles. The second-order valence-corrected chi connectivity index (χ2v) is 14.7. The zero-order chi connectivity index (χ0) is 37.6. The van der Waals surface area contributed by atoms with Gasteiger partial charge in [0, 0.05) is 59.4 Å². The molecule has 4 heterocycles. The second kappa shape index (κ2) is 15.1. The van der Waals surface area contributed by atoms with Gasteiger partial charge in [0.1, 0.15) is 0 Å². The van der Waals surface area contributed by atoms with E-state index in [0.717, 1.165) is 11.1 Å². The van der Waals surface area contributed by atoms with Crippen LogP contribution in [-0.2, 0) is 17.8 Å². The highest BCUT2D eigenvalue weighted by molar-refractivity contribution is 6.35. The molecule has 0 spiro atoms. The summed E-state index contributed by atoms with van der Waals surface area (Å²) in [6.45, 7) is 4.16. The number of methoxy groups -OCH3 is 1. The molecule has 3 N–H and O–H groups in total. The predicted octanol–water partition coefficient (Wildman–Crippen LogP) is 6.87. The Morgan fingerprint density at radius 3 is 1.53 bits per heavy atom. The Morgan fingerprint density at radius 2 is 1.11 bits per heavy atom. The Morgan fingerprint density at radius 1 is 0.679 bits per heavy atom. The van der Waals surface area contributed by atoms with E-state index >= 15 is 0 Å². The highest BCUT2D eigenvalue weighted by Crippen LogP contribution is 2.30. The number of hydrogen-bond donors (Lipinski definition) is 3. The summed E-state index contributed by atoms with van der Waals surface area (Å²) < 4.78 is 8.12. The number of aromatic carboxylic acids is 1.